The normalized spacial score (nSPS) is 16.0. The van der Waals surface area contributed by atoms with E-state index in [9.17, 15) is 4.79 Å². The van der Waals surface area contributed by atoms with Crippen LogP contribution in [0, 0.1) is 11.3 Å². The predicted molar refractivity (Wildman–Crippen MR) is 103 cm³/mol. The molecular weight excluding hydrogens is 364 g/mol. The van der Waals surface area contributed by atoms with Gasteiger partial charge in [-0.1, -0.05) is 18.2 Å². The molecule has 4 rings (SSSR count). The molecule has 0 N–H and O–H groups in total. The number of thiophene rings is 2. The molecule has 0 fully saturated rings. The molecule has 1 amide bonds. The Morgan fingerprint density at radius 2 is 2.08 bits per heavy atom. The highest BCUT2D eigenvalue weighted by Crippen LogP contribution is 2.39. The van der Waals surface area contributed by atoms with Crippen LogP contribution in [0.4, 0.5) is 0 Å². The number of amides is 1. The van der Waals surface area contributed by atoms with E-state index in [1.807, 2.05) is 16.3 Å². The number of nitriles is 1. The number of carbonyl (C=O) groups excluding carboxylic acids is 1. The van der Waals surface area contributed by atoms with E-state index < -0.39 is 0 Å². The van der Waals surface area contributed by atoms with Gasteiger partial charge in [0.2, 0.25) is 0 Å². The van der Waals surface area contributed by atoms with Crippen molar-refractivity contribution in [3.05, 3.63) is 74.1 Å². The lowest BCUT2D eigenvalue weighted by Gasteiger charge is -2.35. The Morgan fingerprint density at radius 3 is 2.88 bits per heavy atom. The molecule has 130 valence electrons. The van der Waals surface area contributed by atoms with Crippen LogP contribution in [-0.2, 0) is 11.2 Å². The fourth-order valence-corrected chi connectivity index (χ4v) is 5.00. The monoisotopic (exact) mass is 380 g/mol. The van der Waals surface area contributed by atoms with Crippen LogP contribution < -0.4 is 4.74 Å². The molecule has 1 aromatic carbocycles. The molecule has 0 saturated heterocycles. The average molecular weight is 380 g/mol. The van der Waals surface area contributed by atoms with Crippen molar-refractivity contribution in [2.75, 3.05) is 13.2 Å². The Morgan fingerprint density at radius 1 is 1.19 bits per heavy atom. The summed E-state index contributed by atoms with van der Waals surface area (Å²) in [6, 6.07) is 15.2. The van der Waals surface area contributed by atoms with Gasteiger partial charge in [0.1, 0.15) is 11.8 Å². The summed E-state index contributed by atoms with van der Waals surface area (Å²) in [4.78, 5) is 17.3. The van der Waals surface area contributed by atoms with Gasteiger partial charge in [0.15, 0.2) is 6.61 Å². The van der Waals surface area contributed by atoms with Gasteiger partial charge in [-0.2, -0.15) is 5.26 Å². The second kappa shape index (κ2) is 7.32. The maximum atomic E-state index is 12.9. The minimum absolute atomic E-state index is 0.0488. The fourth-order valence-electron chi connectivity index (χ4n) is 3.25. The third-order valence-corrected chi connectivity index (χ3v) is 6.38. The van der Waals surface area contributed by atoms with E-state index in [1.165, 1.54) is 10.4 Å². The first kappa shape index (κ1) is 16.8. The van der Waals surface area contributed by atoms with Crippen LogP contribution in [0.1, 0.15) is 26.9 Å². The Labute approximate surface area is 159 Å². The van der Waals surface area contributed by atoms with Gasteiger partial charge < -0.3 is 9.64 Å². The van der Waals surface area contributed by atoms with E-state index in [-0.39, 0.29) is 18.6 Å². The molecule has 0 radical (unpaired) electrons. The maximum absolute atomic E-state index is 12.9. The summed E-state index contributed by atoms with van der Waals surface area (Å²) >= 11 is 3.42. The predicted octanol–water partition coefficient (Wildman–Crippen LogP) is 4.23. The van der Waals surface area contributed by atoms with Crippen molar-refractivity contribution in [3.63, 3.8) is 0 Å². The van der Waals surface area contributed by atoms with E-state index in [1.54, 1.807) is 46.9 Å². The molecule has 3 aromatic rings. The van der Waals surface area contributed by atoms with Crippen LogP contribution >= 0.6 is 22.7 Å². The van der Waals surface area contributed by atoms with Gasteiger partial charge in [0.05, 0.1) is 11.6 Å². The molecule has 2 aromatic heterocycles. The van der Waals surface area contributed by atoms with Gasteiger partial charge in [-0.3, -0.25) is 4.79 Å². The Hall–Kier alpha value is -2.62. The van der Waals surface area contributed by atoms with Crippen LogP contribution in [0.2, 0.25) is 0 Å². The van der Waals surface area contributed by atoms with Crippen molar-refractivity contribution >= 4 is 28.6 Å². The SMILES string of the molecule is N#Cc1ccccc1OCC(=O)N1CCc2sccc2[C@H]1c1cccs1. The quantitative estimate of drug-likeness (QED) is 0.680. The van der Waals surface area contributed by atoms with Crippen LogP contribution in [0.15, 0.2) is 53.2 Å². The molecule has 1 atom stereocenters. The molecule has 6 heteroatoms. The van der Waals surface area contributed by atoms with Crippen molar-refractivity contribution in [1.29, 1.82) is 5.26 Å². The smallest absolute Gasteiger partial charge is 0.261 e. The summed E-state index contributed by atoms with van der Waals surface area (Å²) in [7, 11) is 0. The van der Waals surface area contributed by atoms with Crippen molar-refractivity contribution < 1.29 is 9.53 Å². The standard InChI is InChI=1S/C20H16N2O2S2/c21-12-14-4-1-2-5-16(14)24-13-19(23)22-9-7-17-15(8-11-26-17)20(22)18-6-3-10-25-18/h1-6,8,10-11,20H,7,9,13H2/t20-/m0/s1. The number of para-hydroxylation sites is 1. The van der Waals surface area contributed by atoms with Crippen molar-refractivity contribution in [1.82, 2.24) is 4.90 Å². The number of hydrogen-bond donors (Lipinski definition) is 0. The Bertz CT molecular complexity index is 956. The van der Waals surface area contributed by atoms with Gasteiger partial charge in [-0.25, -0.2) is 0 Å². The van der Waals surface area contributed by atoms with Crippen LogP contribution in [0.25, 0.3) is 0 Å². The molecule has 26 heavy (non-hydrogen) atoms. The number of benzene rings is 1. The van der Waals surface area contributed by atoms with Gasteiger partial charge in [-0.15, -0.1) is 22.7 Å². The minimum atomic E-state index is -0.0694. The lowest BCUT2D eigenvalue weighted by atomic mass is 9.98. The molecular formula is C20H16N2O2S2. The molecule has 0 unspecified atom stereocenters. The molecule has 1 aliphatic heterocycles. The van der Waals surface area contributed by atoms with Gasteiger partial charge in [0.25, 0.3) is 5.91 Å². The zero-order chi connectivity index (χ0) is 17.9. The van der Waals surface area contributed by atoms with Gasteiger partial charge in [-0.05, 0) is 47.0 Å². The van der Waals surface area contributed by atoms with Gasteiger partial charge in [0, 0.05) is 16.3 Å². The first-order chi connectivity index (χ1) is 12.8. The van der Waals surface area contributed by atoms with Crippen LogP contribution in [-0.4, -0.2) is 24.0 Å². The highest BCUT2D eigenvalue weighted by molar-refractivity contribution is 7.10. The molecule has 0 aliphatic carbocycles. The summed E-state index contributed by atoms with van der Waals surface area (Å²) in [5, 5.41) is 13.3. The number of carbonyl (C=O) groups is 1. The van der Waals surface area contributed by atoms with Crippen molar-refractivity contribution in [2.24, 2.45) is 0 Å². The highest BCUT2D eigenvalue weighted by atomic mass is 32.1. The summed E-state index contributed by atoms with van der Waals surface area (Å²) in [5.41, 5.74) is 1.66. The van der Waals surface area contributed by atoms with Gasteiger partial charge >= 0.3 is 0 Å². The Balaban J connectivity index is 1.56. The maximum Gasteiger partial charge on any atom is 0.261 e. The molecule has 0 spiro atoms. The highest BCUT2D eigenvalue weighted by Gasteiger charge is 2.33. The van der Waals surface area contributed by atoms with Crippen molar-refractivity contribution in [3.8, 4) is 11.8 Å². The summed E-state index contributed by atoms with van der Waals surface area (Å²) in [5.74, 6) is 0.386. The third kappa shape index (κ3) is 3.12. The first-order valence-corrected chi connectivity index (χ1v) is 10.0. The third-order valence-electron chi connectivity index (χ3n) is 4.46. The van der Waals surface area contributed by atoms with E-state index in [2.05, 4.69) is 23.6 Å². The topological polar surface area (TPSA) is 53.3 Å². The lowest BCUT2D eigenvalue weighted by molar-refractivity contribution is -0.135. The van der Waals surface area contributed by atoms with Crippen LogP contribution in [0.3, 0.4) is 0 Å². The van der Waals surface area contributed by atoms with E-state index in [0.29, 0.717) is 17.9 Å². The number of ether oxygens (including phenoxy) is 1. The zero-order valence-electron chi connectivity index (χ0n) is 13.9. The largest absolute Gasteiger partial charge is 0.482 e. The summed E-state index contributed by atoms with van der Waals surface area (Å²) in [6.45, 7) is 0.609. The zero-order valence-corrected chi connectivity index (χ0v) is 15.6. The van der Waals surface area contributed by atoms with E-state index >= 15 is 0 Å². The average Bonchev–Trinajstić information content (AvgIpc) is 3.37. The van der Waals surface area contributed by atoms with Crippen molar-refractivity contribution in [2.45, 2.75) is 12.5 Å². The van der Waals surface area contributed by atoms with E-state index in [4.69, 9.17) is 10.00 Å². The molecule has 4 nitrogen and oxygen atoms in total. The number of fused-ring (bicyclic) bond motifs is 1. The number of hydrogen-bond acceptors (Lipinski definition) is 5. The summed E-state index contributed by atoms with van der Waals surface area (Å²) in [6.07, 6.45) is 0.870. The lowest BCUT2D eigenvalue weighted by Crippen LogP contribution is -2.42. The number of rotatable bonds is 4. The molecule has 0 bridgehead atoms. The minimum Gasteiger partial charge on any atom is -0.482 e. The second-order valence-electron chi connectivity index (χ2n) is 5.95. The number of nitrogens with zero attached hydrogens (tertiary/aromatic N) is 2. The molecule has 3 heterocycles. The van der Waals surface area contributed by atoms with E-state index in [0.717, 1.165) is 11.3 Å². The Kier molecular flexibility index (Phi) is 4.74. The molecule has 1 aliphatic rings. The molecule has 0 saturated carbocycles. The second-order valence-corrected chi connectivity index (χ2v) is 7.93. The fraction of sp³-hybridized carbons (Fsp3) is 0.200. The van der Waals surface area contributed by atoms with Crippen LogP contribution in [0.5, 0.6) is 5.75 Å². The first-order valence-electron chi connectivity index (χ1n) is 8.29. The summed E-state index contributed by atoms with van der Waals surface area (Å²) < 4.78 is 5.67.